The number of ether oxygens (including phenoxy) is 1. The van der Waals surface area contributed by atoms with Gasteiger partial charge in [-0.15, -0.1) is 10.2 Å². The molecule has 0 saturated carbocycles. The molecule has 1 aromatic heterocycles. The Kier molecular flexibility index (Phi) is 8.11. The molecule has 2 N–H and O–H groups in total. The van der Waals surface area contributed by atoms with Crippen molar-refractivity contribution < 1.29 is 14.3 Å². The van der Waals surface area contributed by atoms with Crippen LogP contribution in [0.2, 0.25) is 0 Å². The molecule has 2 amide bonds. The van der Waals surface area contributed by atoms with E-state index in [9.17, 15) is 9.59 Å². The number of methoxy groups -OCH3 is 1. The van der Waals surface area contributed by atoms with Gasteiger partial charge in [-0.2, -0.15) is 0 Å². The first-order valence-corrected chi connectivity index (χ1v) is 11.5. The number of anilines is 1. The summed E-state index contributed by atoms with van der Waals surface area (Å²) in [6.07, 6.45) is 0.263. The van der Waals surface area contributed by atoms with Crippen LogP contribution in [0.1, 0.15) is 29.4 Å². The number of aromatic nitrogens is 3. The smallest absolute Gasteiger partial charge is 0.237 e. The molecule has 9 heteroatoms. The fourth-order valence-corrected chi connectivity index (χ4v) is 4.00. The Morgan fingerprint density at radius 3 is 2.52 bits per heavy atom. The minimum atomic E-state index is -0.369. The summed E-state index contributed by atoms with van der Waals surface area (Å²) in [6.45, 7) is 6.07. The molecule has 0 bridgehead atoms. The third-order valence-corrected chi connectivity index (χ3v) is 6.32. The van der Waals surface area contributed by atoms with Crippen LogP contribution in [0.25, 0.3) is 0 Å². The third-order valence-electron chi connectivity index (χ3n) is 5.18. The summed E-state index contributed by atoms with van der Waals surface area (Å²) in [7, 11) is 3.43. The average Bonchev–Trinajstić information content (AvgIpc) is 3.13. The van der Waals surface area contributed by atoms with E-state index in [2.05, 4.69) is 20.8 Å². The molecule has 3 aromatic rings. The van der Waals surface area contributed by atoms with E-state index in [4.69, 9.17) is 4.74 Å². The first-order valence-electron chi connectivity index (χ1n) is 10.6. The Morgan fingerprint density at radius 2 is 1.85 bits per heavy atom. The largest absolute Gasteiger partial charge is 0.497 e. The van der Waals surface area contributed by atoms with E-state index in [-0.39, 0.29) is 30.0 Å². The summed E-state index contributed by atoms with van der Waals surface area (Å²) in [5, 5.41) is 14.4. The highest BCUT2D eigenvalue weighted by molar-refractivity contribution is 8.00. The molecule has 1 atom stereocenters. The maximum atomic E-state index is 12.6. The molecule has 0 aliphatic carbocycles. The molecular weight excluding hydrogens is 438 g/mol. The van der Waals surface area contributed by atoms with E-state index >= 15 is 0 Å². The Hall–Kier alpha value is -3.33. The first-order chi connectivity index (χ1) is 15.8. The zero-order chi connectivity index (χ0) is 24.0. The lowest BCUT2D eigenvalue weighted by Gasteiger charge is -2.13. The van der Waals surface area contributed by atoms with Crippen LogP contribution in [0, 0.1) is 13.8 Å². The van der Waals surface area contributed by atoms with Gasteiger partial charge in [-0.1, -0.05) is 41.6 Å². The minimum Gasteiger partial charge on any atom is -0.497 e. The number of nitrogens with zero attached hydrogens (tertiary/aromatic N) is 3. The van der Waals surface area contributed by atoms with Crippen LogP contribution in [0.15, 0.2) is 47.6 Å². The molecule has 8 nitrogen and oxygen atoms in total. The van der Waals surface area contributed by atoms with E-state index in [1.54, 1.807) is 11.7 Å². The first kappa shape index (κ1) is 24.3. The maximum Gasteiger partial charge on any atom is 0.237 e. The average molecular weight is 468 g/mol. The van der Waals surface area contributed by atoms with E-state index in [1.807, 2.05) is 70.3 Å². The third kappa shape index (κ3) is 6.58. The summed E-state index contributed by atoms with van der Waals surface area (Å²) in [5.74, 6) is 1.14. The van der Waals surface area contributed by atoms with Crippen LogP contribution in [-0.2, 0) is 29.6 Å². The van der Waals surface area contributed by atoms with E-state index in [0.717, 1.165) is 28.1 Å². The van der Waals surface area contributed by atoms with Gasteiger partial charge in [0.1, 0.15) is 5.75 Å². The fourth-order valence-electron chi connectivity index (χ4n) is 3.17. The summed E-state index contributed by atoms with van der Waals surface area (Å²) >= 11 is 1.32. The molecule has 0 spiro atoms. The van der Waals surface area contributed by atoms with Crippen molar-refractivity contribution in [1.29, 1.82) is 0 Å². The molecule has 0 aliphatic rings. The lowest BCUT2D eigenvalue weighted by Crippen LogP contribution is -2.26. The molecule has 0 fully saturated rings. The van der Waals surface area contributed by atoms with Crippen LogP contribution in [0.5, 0.6) is 5.75 Å². The molecule has 174 valence electrons. The van der Waals surface area contributed by atoms with Crippen LogP contribution < -0.4 is 15.4 Å². The van der Waals surface area contributed by atoms with Gasteiger partial charge in [-0.3, -0.25) is 9.59 Å². The number of thioether (sulfide) groups is 1. The van der Waals surface area contributed by atoms with Gasteiger partial charge >= 0.3 is 0 Å². The van der Waals surface area contributed by atoms with Crippen molar-refractivity contribution in [3.63, 3.8) is 0 Å². The van der Waals surface area contributed by atoms with Gasteiger partial charge in [0.2, 0.25) is 11.8 Å². The Bertz CT molecular complexity index is 1130. The van der Waals surface area contributed by atoms with Crippen molar-refractivity contribution in [3.05, 3.63) is 65.0 Å². The van der Waals surface area contributed by atoms with E-state index in [0.29, 0.717) is 11.0 Å². The summed E-state index contributed by atoms with van der Waals surface area (Å²) in [5.41, 5.74) is 3.87. The maximum absolute atomic E-state index is 12.6. The number of hydrogen-bond acceptors (Lipinski definition) is 6. The molecule has 0 aliphatic heterocycles. The van der Waals surface area contributed by atoms with Gasteiger partial charge < -0.3 is 19.9 Å². The minimum absolute atomic E-state index is 0.107. The fraction of sp³-hybridized carbons (Fsp3) is 0.333. The van der Waals surface area contributed by atoms with Gasteiger partial charge in [0.25, 0.3) is 0 Å². The Labute approximate surface area is 198 Å². The second kappa shape index (κ2) is 11.0. The lowest BCUT2D eigenvalue weighted by atomic mass is 10.1. The number of amides is 2. The summed E-state index contributed by atoms with van der Waals surface area (Å²) < 4.78 is 6.92. The molecule has 0 radical (unpaired) electrons. The summed E-state index contributed by atoms with van der Waals surface area (Å²) in [4.78, 5) is 24.9. The highest BCUT2D eigenvalue weighted by Crippen LogP contribution is 2.24. The molecule has 33 heavy (non-hydrogen) atoms. The number of hydrogen-bond donors (Lipinski definition) is 2. The second-order valence-corrected chi connectivity index (χ2v) is 9.14. The van der Waals surface area contributed by atoms with Crippen molar-refractivity contribution in [1.82, 2.24) is 20.1 Å². The monoisotopic (exact) mass is 467 g/mol. The van der Waals surface area contributed by atoms with Gasteiger partial charge in [-0.25, -0.2) is 0 Å². The van der Waals surface area contributed by atoms with Crippen LogP contribution in [-0.4, -0.2) is 38.9 Å². The SMILES string of the molecule is COc1ccc(CC(=O)NCc2nnc(S[C@H](C)C(=O)Nc3ccc(C)cc3C)n2C)cc1. The summed E-state index contributed by atoms with van der Waals surface area (Å²) in [6, 6.07) is 13.3. The predicted molar refractivity (Wildman–Crippen MR) is 129 cm³/mol. The van der Waals surface area contributed by atoms with Crippen molar-refractivity contribution in [2.45, 2.75) is 44.1 Å². The topological polar surface area (TPSA) is 98.1 Å². The zero-order valence-corrected chi connectivity index (χ0v) is 20.3. The molecular formula is C24H29N5O3S. The number of aryl methyl sites for hydroxylation is 2. The number of carbonyl (C=O) groups is 2. The van der Waals surface area contributed by atoms with E-state index in [1.165, 1.54) is 11.8 Å². The number of benzene rings is 2. The predicted octanol–water partition coefficient (Wildman–Crippen LogP) is 3.42. The normalized spacial score (nSPS) is 11.7. The highest BCUT2D eigenvalue weighted by Gasteiger charge is 2.19. The molecule has 3 rings (SSSR count). The lowest BCUT2D eigenvalue weighted by molar-refractivity contribution is -0.120. The number of rotatable bonds is 9. The molecule has 0 unspecified atom stereocenters. The molecule has 0 saturated heterocycles. The van der Waals surface area contributed by atoms with Crippen molar-refractivity contribution >= 4 is 29.3 Å². The number of nitrogens with one attached hydrogen (secondary N) is 2. The highest BCUT2D eigenvalue weighted by atomic mass is 32.2. The standard InChI is InChI=1S/C24H29N5O3S/c1-15-6-11-20(16(2)12-15)26-23(31)17(3)33-24-28-27-21(29(24)4)14-25-22(30)13-18-7-9-19(32-5)10-8-18/h6-12,17H,13-14H2,1-5H3,(H,25,30)(H,26,31)/t17-/m1/s1. The van der Waals surface area contributed by atoms with Crippen LogP contribution >= 0.6 is 11.8 Å². The second-order valence-electron chi connectivity index (χ2n) is 7.83. The van der Waals surface area contributed by atoms with Crippen molar-refractivity contribution in [2.24, 2.45) is 7.05 Å². The van der Waals surface area contributed by atoms with Gasteiger partial charge in [0, 0.05) is 12.7 Å². The van der Waals surface area contributed by atoms with Gasteiger partial charge in [0.05, 0.1) is 25.3 Å². The van der Waals surface area contributed by atoms with Gasteiger partial charge in [0.15, 0.2) is 11.0 Å². The zero-order valence-electron chi connectivity index (χ0n) is 19.5. The Balaban J connectivity index is 1.52. The molecule has 2 aromatic carbocycles. The van der Waals surface area contributed by atoms with Crippen LogP contribution in [0.4, 0.5) is 5.69 Å². The van der Waals surface area contributed by atoms with Crippen molar-refractivity contribution in [3.8, 4) is 5.75 Å². The van der Waals surface area contributed by atoms with Gasteiger partial charge in [-0.05, 0) is 50.1 Å². The molecule has 1 heterocycles. The Morgan fingerprint density at radius 1 is 1.12 bits per heavy atom. The quantitative estimate of drug-likeness (QED) is 0.468. The number of carbonyl (C=O) groups excluding carboxylic acids is 2. The van der Waals surface area contributed by atoms with Crippen molar-refractivity contribution in [2.75, 3.05) is 12.4 Å². The van der Waals surface area contributed by atoms with E-state index < -0.39 is 0 Å². The van der Waals surface area contributed by atoms with Crippen LogP contribution in [0.3, 0.4) is 0 Å².